The van der Waals surface area contributed by atoms with Crippen LogP contribution >= 0.6 is 11.8 Å². The summed E-state index contributed by atoms with van der Waals surface area (Å²) in [6, 6.07) is 0.755. The summed E-state index contributed by atoms with van der Waals surface area (Å²) in [7, 11) is 0. The third kappa shape index (κ3) is 4.33. The highest BCUT2D eigenvalue weighted by Crippen LogP contribution is 2.20. The first-order chi connectivity index (χ1) is 7.45. The SMILES string of the molecule is C1CCC(OCCNC2CCSC2)CC1. The maximum Gasteiger partial charge on any atom is 0.0594 e. The van der Waals surface area contributed by atoms with E-state index in [4.69, 9.17) is 4.74 Å². The monoisotopic (exact) mass is 229 g/mol. The number of nitrogens with one attached hydrogen (secondary N) is 1. The maximum absolute atomic E-state index is 5.87. The molecule has 2 nitrogen and oxygen atoms in total. The first-order valence-electron chi connectivity index (χ1n) is 6.38. The molecular weight excluding hydrogens is 206 g/mol. The molecule has 2 rings (SSSR count). The first kappa shape index (κ1) is 11.7. The van der Waals surface area contributed by atoms with Gasteiger partial charge in [0.2, 0.25) is 0 Å². The van der Waals surface area contributed by atoms with Crippen molar-refractivity contribution < 1.29 is 4.74 Å². The summed E-state index contributed by atoms with van der Waals surface area (Å²) in [5.74, 6) is 2.63. The summed E-state index contributed by atoms with van der Waals surface area (Å²) in [5.41, 5.74) is 0. The van der Waals surface area contributed by atoms with Crippen molar-refractivity contribution in [1.29, 1.82) is 0 Å². The Balaban J connectivity index is 1.47. The molecule has 1 aliphatic heterocycles. The lowest BCUT2D eigenvalue weighted by atomic mass is 9.98. The highest BCUT2D eigenvalue weighted by atomic mass is 32.2. The Morgan fingerprint density at radius 3 is 2.73 bits per heavy atom. The zero-order valence-electron chi connectivity index (χ0n) is 9.54. The molecule has 0 aromatic carbocycles. The molecule has 2 aliphatic rings. The summed E-state index contributed by atoms with van der Waals surface area (Å²) in [5, 5.41) is 3.58. The average molecular weight is 229 g/mol. The van der Waals surface area contributed by atoms with E-state index < -0.39 is 0 Å². The molecule has 1 saturated heterocycles. The second-order valence-corrected chi connectivity index (χ2v) is 5.80. The van der Waals surface area contributed by atoms with Crippen LogP contribution in [0.3, 0.4) is 0 Å². The van der Waals surface area contributed by atoms with Gasteiger partial charge in [-0.1, -0.05) is 19.3 Å². The fraction of sp³-hybridized carbons (Fsp3) is 1.00. The van der Waals surface area contributed by atoms with Crippen LogP contribution in [0.15, 0.2) is 0 Å². The molecule has 0 bridgehead atoms. The Morgan fingerprint density at radius 2 is 2.00 bits per heavy atom. The number of hydrogen-bond donors (Lipinski definition) is 1. The zero-order chi connectivity index (χ0) is 10.3. The van der Waals surface area contributed by atoms with Crippen LogP contribution in [-0.2, 0) is 4.74 Å². The molecule has 1 saturated carbocycles. The smallest absolute Gasteiger partial charge is 0.0594 e. The van der Waals surface area contributed by atoms with Crippen molar-refractivity contribution in [3.8, 4) is 0 Å². The van der Waals surface area contributed by atoms with Crippen LogP contribution in [0.2, 0.25) is 0 Å². The standard InChI is InChI=1S/C12H23NOS/c1-2-4-12(5-3-1)14-8-7-13-11-6-9-15-10-11/h11-13H,1-10H2. The lowest BCUT2D eigenvalue weighted by Crippen LogP contribution is -2.32. The van der Waals surface area contributed by atoms with Crippen LogP contribution in [0.1, 0.15) is 38.5 Å². The van der Waals surface area contributed by atoms with Crippen molar-refractivity contribution in [3.05, 3.63) is 0 Å². The van der Waals surface area contributed by atoms with E-state index in [-0.39, 0.29) is 0 Å². The van der Waals surface area contributed by atoms with Crippen molar-refractivity contribution in [3.63, 3.8) is 0 Å². The van der Waals surface area contributed by atoms with Crippen LogP contribution < -0.4 is 5.32 Å². The number of thioether (sulfide) groups is 1. The fourth-order valence-corrected chi connectivity index (χ4v) is 3.60. The van der Waals surface area contributed by atoms with E-state index in [0.717, 1.165) is 19.2 Å². The van der Waals surface area contributed by atoms with Gasteiger partial charge in [0.25, 0.3) is 0 Å². The lowest BCUT2D eigenvalue weighted by molar-refractivity contribution is 0.0296. The Hall–Kier alpha value is 0.270. The van der Waals surface area contributed by atoms with E-state index in [1.165, 1.54) is 50.0 Å². The van der Waals surface area contributed by atoms with Gasteiger partial charge in [0.15, 0.2) is 0 Å². The topological polar surface area (TPSA) is 21.3 Å². The highest BCUT2D eigenvalue weighted by Gasteiger charge is 2.15. The van der Waals surface area contributed by atoms with Crippen molar-refractivity contribution in [2.45, 2.75) is 50.7 Å². The fourth-order valence-electron chi connectivity index (χ4n) is 2.42. The van der Waals surface area contributed by atoms with Crippen molar-refractivity contribution >= 4 is 11.8 Å². The molecular formula is C12H23NOS. The van der Waals surface area contributed by atoms with Gasteiger partial charge < -0.3 is 10.1 Å². The molecule has 1 unspecified atom stereocenters. The summed E-state index contributed by atoms with van der Waals surface area (Å²) in [6.07, 6.45) is 8.65. The third-order valence-corrected chi connectivity index (χ3v) is 4.53. The number of rotatable bonds is 5. The summed E-state index contributed by atoms with van der Waals surface area (Å²) in [4.78, 5) is 0. The quantitative estimate of drug-likeness (QED) is 0.732. The predicted octanol–water partition coefficient (Wildman–Crippen LogP) is 2.43. The van der Waals surface area contributed by atoms with Crippen LogP contribution in [0.25, 0.3) is 0 Å². The zero-order valence-corrected chi connectivity index (χ0v) is 10.4. The molecule has 1 atom stereocenters. The normalized spacial score (nSPS) is 28.4. The minimum absolute atomic E-state index is 0.568. The molecule has 88 valence electrons. The van der Waals surface area contributed by atoms with Gasteiger partial charge >= 0.3 is 0 Å². The third-order valence-electron chi connectivity index (χ3n) is 3.37. The Morgan fingerprint density at radius 1 is 1.13 bits per heavy atom. The lowest BCUT2D eigenvalue weighted by Gasteiger charge is -2.22. The van der Waals surface area contributed by atoms with E-state index in [9.17, 15) is 0 Å². The minimum Gasteiger partial charge on any atom is -0.377 e. The van der Waals surface area contributed by atoms with Gasteiger partial charge in [-0.25, -0.2) is 0 Å². The molecule has 1 N–H and O–H groups in total. The Bertz CT molecular complexity index is 165. The van der Waals surface area contributed by atoms with E-state index in [0.29, 0.717) is 6.10 Å². The minimum atomic E-state index is 0.568. The van der Waals surface area contributed by atoms with Crippen LogP contribution in [0.5, 0.6) is 0 Å². The van der Waals surface area contributed by atoms with E-state index in [1.54, 1.807) is 0 Å². The van der Waals surface area contributed by atoms with Crippen LogP contribution in [0.4, 0.5) is 0 Å². The Kier molecular flexibility index (Phi) is 5.30. The number of ether oxygens (including phenoxy) is 1. The molecule has 0 amide bonds. The van der Waals surface area contributed by atoms with E-state index in [2.05, 4.69) is 17.1 Å². The van der Waals surface area contributed by atoms with Crippen molar-refractivity contribution in [2.75, 3.05) is 24.7 Å². The predicted molar refractivity (Wildman–Crippen MR) is 66.6 cm³/mol. The summed E-state index contributed by atoms with van der Waals surface area (Å²) in [6.45, 7) is 1.95. The molecule has 0 radical (unpaired) electrons. The molecule has 2 fully saturated rings. The summed E-state index contributed by atoms with van der Waals surface area (Å²) >= 11 is 2.06. The number of hydrogen-bond acceptors (Lipinski definition) is 3. The first-order valence-corrected chi connectivity index (χ1v) is 7.53. The van der Waals surface area contributed by atoms with Gasteiger partial charge in [-0.3, -0.25) is 0 Å². The maximum atomic E-state index is 5.87. The van der Waals surface area contributed by atoms with Crippen molar-refractivity contribution in [2.24, 2.45) is 0 Å². The van der Waals surface area contributed by atoms with Gasteiger partial charge in [0, 0.05) is 18.3 Å². The van der Waals surface area contributed by atoms with E-state index >= 15 is 0 Å². The molecule has 15 heavy (non-hydrogen) atoms. The van der Waals surface area contributed by atoms with Gasteiger partial charge in [-0.2, -0.15) is 11.8 Å². The van der Waals surface area contributed by atoms with Crippen LogP contribution in [-0.4, -0.2) is 36.8 Å². The van der Waals surface area contributed by atoms with Gasteiger partial charge in [0.05, 0.1) is 12.7 Å². The molecule has 0 aromatic heterocycles. The summed E-state index contributed by atoms with van der Waals surface area (Å²) < 4.78 is 5.87. The van der Waals surface area contributed by atoms with Crippen LogP contribution in [0, 0.1) is 0 Å². The second kappa shape index (κ2) is 6.77. The van der Waals surface area contributed by atoms with Gasteiger partial charge in [-0.05, 0) is 25.0 Å². The molecule has 3 heteroatoms. The molecule has 1 heterocycles. The largest absolute Gasteiger partial charge is 0.377 e. The van der Waals surface area contributed by atoms with E-state index in [1.807, 2.05) is 0 Å². The Labute approximate surface area is 97.5 Å². The molecule has 0 aromatic rings. The van der Waals surface area contributed by atoms with Gasteiger partial charge in [-0.15, -0.1) is 0 Å². The van der Waals surface area contributed by atoms with Crippen molar-refractivity contribution in [1.82, 2.24) is 5.32 Å². The second-order valence-electron chi connectivity index (χ2n) is 4.65. The average Bonchev–Trinajstić information content (AvgIpc) is 2.79. The molecule has 0 spiro atoms. The highest BCUT2D eigenvalue weighted by molar-refractivity contribution is 7.99. The molecule has 1 aliphatic carbocycles. The van der Waals surface area contributed by atoms with Gasteiger partial charge in [0.1, 0.15) is 0 Å².